The fraction of sp³-hybridized carbons (Fsp3) is 0.613. The second-order valence-corrected chi connectivity index (χ2v) is 12.1. The lowest BCUT2D eigenvalue weighted by molar-refractivity contribution is -0.443. The van der Waals surface area contributed by atoms with Crippen LogP contribution in [0.25, 0.3) is 0 Å². The van der Waals surface area contributed by atoms with Gasteiger partial charge in [0.1, 0.15) is 0 Å². The first-order chi connectivity index (χ1) is 17.1. The van der Waals surface area contributed by atoms with E-state index in [0.29, 0.717) is 11.3 Å². The van der Waals surface area contributed by atoms with Crippen molar-refractivity contribution in [3.05, 3.63) is 72.4 Å². The third-order valence-corrected chi connectivity index (χ3v) is 9.98. The summed E-state index contributed by atoms with van der Waals surface area (Å²) in [5, 5.41) is 0. The van der Waals surface area contributed by atoms with Gasteiger partial charge in [-0.15, -0.1) is 0 Å². The van der Waals surface area contributed by atoms with Gasteiger partial charge in [-0.25, -0.2) is 9.78 Å². The topological polar surface area (TPSA) is 30.9 Å². The number of benzene rings is 1. The molecule has 4 nitrogen and oxygen atoms in total. The van der Waals surface area contributed by atoms with E-state index in [-0.39, 0.29) is 5.41 Å². The highest BCUT2D eigenvalue weighted by Gasteiger charge is 2.57. The Morgan fingerprint density at radius 3 is 2.37 bits per heavy atom. The molecule has 6 rings (SSSR count). The third-order valence-electron chi connectivity index (χ3n) is 9.98. The molecule has 1 aromatic rings. The van der Waals surface area contributed by atoms with Crippen LogP contribution in [0.15, 0.2) is 66.8 Å². The molecule has 1 saturated heterocycles. The van der Waals surface area contributed by atoms with Crippen molar-refractivity contribution >= 4 is 0 Å². The minimum atomic E-state index is -0.602. The number of fused-ring (bicyclic) bond motifs is 1. The molecule has 188 valence electrons. The van der Waals surface area contributed by atoms with E-state index in [1.807, 2.05) is 12.2 Å². The minimum Gasteiger partial charge on any atom is -0.347 e. The number of nitrogens with zero attached hydrogens (tertiary/aromatic N) is 1. The lowest BCUT2D eigenvalue weighted by atomic mass is 9.67. The lowest BCUT2D eigenvalue weighted by Crippen LogP contribution is -2.50. The predicted octanol–water partition coefficient (Wildman–Crippen LogP) is 6.35. The van der Waals surface area contributed by atoms with Gasteiger partial charge in [0.15, 0.2) is 0 Å². The molecule has 0 N–H and O–H groups in total. The number of hydrogen-bond donors (Lipinski definition) is 0. The fourth-order valence-electron chi connectivity index (χ4n) is 7.74. The predicted molar refractivity (Wildman–Crippen MR) is 139 cm³/mol. The van der Waals surface area contributed by atoms with Gasteiger partial charge >= 0.3 is 0 Å². The SMILES string of the molecule is C=CC1=C(C=C)CN(CC2(c3ccccc3)CCC3(CC2)OCC2CC24CCCC(COO3)C4)C1. The highest BCUT2D eigenvalue weighted by atomic mass is 17.2. The number of hydrogen-bond acceptors (Lipinski definition) is 4. The van der Waals surface area contributed by atoms with E-state index in [1.54, 1.807) is 0 Å². The molecular weight excluding hydrogens is 434 g/mol. The molecule has 2 bridgehead atoms. The maximum Gasteiger partial charge on any atom is 0.201 e. The number of rotatable bonds is 5. The summed E-state index contributed by atoms with van der Waals surface area (Å²) < 4.78 is 6.66. The maximum atomic E-state index is 6.66. The van der Waals surface area contributed by atoms with E-state index in [2.05, 4.69) is 48.4 Å². The Hall–Kier alpha value is -1.72. The van der Waals surface area contributed by atoms with Crippen LogP contribution < -0.4 is 0 Å². The Bertz CT molecular complexity index is 956. The molecule has 3 unspecified atom stereocenters. The van der Waals surface area contributed by atoms with Crippen molar-refractivity contribution in [2.75, 3.05) is 32.8 Å². The van der Waals surface area contributed by atoms with Crippen LogP contribution in [0.4, 0.5) is 0 Å². The van der Waals surface area contributed by atoms with Crippen LogP contribution in [0.1, 0.15) is 63.4 Å². The highest BCUT2D eigenvalue weighted by molar-refractivity contribution is 5.38. The lowest BCUT2D eigenvalue weighted by Gasteiger charge is -2.47. The summed E-state index contributed by atoms with van der Waals surface area (Å²) in [6.45, 7) is 12.5. The van der Waals surface area contributed by atoms with Crippen molar-refractivity contribution in [3.8, 4) is 0 Å². The Labute approximate surface area is 210 Å². The molecule has 2 aliphatic heterocycles. The maximum absolute atomic E-state index is 6.66. The summed E-state index contributed by atoms with van der Waals surface area (Å²) in [7, 11) is 0. The second kappa shape index (κ2) is 9.30. The van der Waals surface area contributed by atoms with Crippen molar-refractivity contribution in [3.63, 3.8) is 0 Å². The monoisotopic (exact) mass is 475 g/mol. The van der Waals surface area contributed by atoms with E-state index < -0.39 is 5.79 Å². The van der Waals surface area contributed by atoms with Gasteiger partial charge < -0.3 is 4.74 Å². The molecule has 0 radical (unpaired) electrons. The van der Waals surface area contributed by atoms with Gasteiger partial charge in [-0.05, 0) is 72.5 Å². The van der Waals surface area contributed by atoms with E-state index in [9.17, 15) is 0 Å². The molecule has 0 amide bonds. The first-order valence-electron chi connectivity index (χ1n) is 13.8. The average molecular weight is 476 g/mol. The average Bonchev–Trinajstić information content (AvgIpc) is 3.39. The van der Waals surface area contributed by atoms with Crippen molar-refractivity contribution in [1.29, 1.82) is 0 Å². The van der Waals surface area contributed by atoms with Gasteiger partial charge in [0, 0.05) is 37.9 Å². The normalized spacial score (nSPS) is 39.8. The zero-order chi connectivity index (χ0) is 23.9. The van der Waals surface area contributed by atoms with E-state index >= 15 is 0 Å². The van der Waals surface area contributed by atoms with Gasteiger partial charge in [0.25, 0.3) is 0 Å². The van der Waals surface area contributed by atoms with Gasteiger partial charge in [-0.1, -0.05) is 62.1 Å². The first-order valence-corrected chi connectivity index (χ1v) is 13.8. The Kier molecular flexibility index (Phi) is 6.29. The van der Waals surface area contributed by atoms with Crippen LogP contribution in [0.3, 0.4) is 0 Å². The molecule has 35 heavy (non-hydrogen) atoms. The molecule has 4 fully saturated rings. The summed E-state index contributed by atoms with van der Waals surface area (Å²) in [4.78, 5) is 14.7. The minimum absolute atomic E-state index is 0.0781. The van der Waals surface area contributed by atoms with Crippen molar-refractivity contribution in [2.24, 2.45) is 17.3 Å². The standard InChI is InChI=1S/C31H41NO3/c1-3-25-19-32(20-26(25)4-2)23-29(27-10-6-5-7-11-27)13-15-31(16-14-29)33-22-28-18-30(28)12-8-9-24(17-30)21-34-35-31/h3-7,10-11,24,28H,1-2,8-9,12-23H2. The zero-order valence-corrected chi connectivity index (χ0v) is 21.2. The summed E-state index contributed by atoms with van der Waals surface area (Å²) in [6, 6.07) is 11.1. The summed E-state index contributed by atoms with van der Waals surface area (Å²) in [6.07, 6.45) is 14.4. The van der Waals surface area contributed by atoms with E-state index in [4.69, 9.17) is 14.5 Å². The van der Waals surface area contributed by atoms with E-state index in [0.717, 1.165) is 64.4 Å². The number of ether oxygens (including phenoxy) is 1. The molecule has 3 aliphatic carbocycles. The van der Waals surface area contributed by atoms with Gasteiger partial charge in [0.2, 0.25) is 5.79 Å². The largest absolute Gasteiger partial charge is 0.347 e. The summed E-state index contributed by atoms with van der Waals surface area (Å²) in [5.74, 6) is 0.766. The van der Waals surface area contributed by atoms with Crippen LogP contribution in [-0.2, 0) is 19.9 Å². The highest BCUT2D eigenvalue weighted by Crippen LogP contribution is 2.63. The Balaban J connectivity index is 1.19. The Morgan fingerprint density at radius 1 is 0.914 bits per heavy atom. The molecule has 3 saturated carbocycles. The van der Waals surface area contributed by atoms with Gasteiger partial charge in [0.05, 0.1) is 13.2 Å². The first kappa shape index (κ1) is 23.7. The smallest absolute Gasteiger partial charge is 0.201 e. The molecule has 3 atom stereocenters. The van der Waals surface area contributed by atoms with Gasteiger partial charge in [-0.2, -0.15) is 0 Å². The van der Waals surface area contributed by atoms with Crippen LogP contribution in [0.5, 0.6) is 0 Å². The fourth-order valence-corrected chi connectivity index (χ4v) is 7.74. The van der Waals surface area contributed by atoms with Crippen LogP contribution in [0.2, 0.25) is 0 Å². The summed E-state index contributed by atoms with van der Waals surface area (Å²) >= 11 is 0. The van der Waals surface area contributed by atoms with Crippen LogP contribution >= 0.6 is 0 Å². The third kappa shape index (κ3) is 4.48. The zero-order valence-electron chi connectivity index (χ0n) is 21.2. The van der Waals surface area contributed by atoms with Crippen molar-refractivity contribution in [1.82, 2.24) is 4.90 Å². The van der Waals surface area contributed by atoms with Crippen molar-refractivity contribution < 1.29 is 14.5 Å². The summed E-state index contributed by atoms with van der Waals surface area (Å²) in [5.41, 5.74) is 4.67. The molecule has 1 aromatic carbocycles. The molecule has 5 aliphatic rings. The molecular formula is C31H41NO3. The molecule has 4 heteroatoms. The van der Waals surface area contributed by atoms with Crippen LogP contribution in [-0.4, -0.2) is 43.5 Å². The van der Waals surface area contributed by atoms with Crippen molar-refractivity contribution in [2.45, 2.75) is 69.0 Å². The van der Waals surface area contributed by atoms with E-state index in [1.165, 1.54) is 48.8 Å². The van der Waals surface area contributed by atoms with Gasteiger partial charge in [-0.3, -0.25) is 4.90 Å². The molecule has 2 heterocycles. The Morgan fingerprint density at radius 2 is 1.66 bits per heavy atom. The quantitative estimate of drug-likeness (QED) is 0.464. The van der Waals surface area contributed by atoms with Crippen LogP contribution in [0, 0.1) is 17.3 Å². The molecule has 2 spiro atoms. The second-order valence-electron chi connectivity index (χ2n) is 12.1. The molecule has 0 aromatic heterocycles.